The van der Waals surface area contributed by atoms with Crippen molar-refractivity contribution in [1.82, 2.24) is 0 Å². The van der Waals surface area contributed by atoms with Gasteiger partial charge in [-0.25, -0.2) is 5.11 Å². The minimum absolute atomic E-state index is 0.116. The van der Waals surface area contributed by atoms with Crippen LogP contribution in [0.4, 0.5) is 0 Å². The summed E-state index contributed by atoms with van der Waals surface area (Å²) in [6.07, 6.45) is 33.3. The Labute approximate surface area is 166 Å². The highest BCUT2D eigenvalue weighted by Crippen LogP contribution is 2.14. The Morgan fingerprint density at radius 1 is 0.462 bits per heavy atom. The molecule has 0 saturated carbocycles. The zero-order valence-electron chi connectivity index (χ0n) is 18.1. The van der Waals surface area contributed by atoms with Gasteiger partial charge in [-0.2, -0.15) is 0 Å². The summed E-state index contributed by atoms with van der Waals surface area (Å²) in [5.74, 6) is 0. The maximum atomic E-state index is 10.3. The maximum absolute atomic E-state index is 10.3. The second kappa shape index (κ2) is 25.0. The number of unbranched alkanes of at least 4 members (excludes halogenated alkanes) is 22. The molecule has 3 radical (unpaired) electrons. The van der Waals surface area contributed by atoms with Crippen molar-refractivity contribution in [2.24, 2.45) is 0 Å². The summed E-state index contributed by atoms with van der Waals surface area (Å²) < 4.78 is 0. The molecule has 0 aliphatic carbocycles. The second-order valence-corrected chi connectivity index (χ2v) is 8.10. The Balaban J connectivity index is 2.95. The van der Waals surface area contributed by atoms with E-state index in [0.29, 0.717) is 0 Å². The van der Waals surface area contributed by atoms with Gasteiger partial charge in [-0.3, -0.25) is 0 Å². The van der Waals surface area contributed by atoms with Crippen molar-refractivity contribution in [3.05, 3.63) is 12.8 Å². The molecule has 1 heteroatoms. The average Bonchev–Trinajstić information content (AvgIpc) is 2.66. The quantitative estimate of drug-likeness (QED) is 0.161. The summed E-state index contributed by atoms with van der Waals surface area (Å²) in [7, 11) is 0. The summed E-state index contributed by atoms with van der Waals surface area (Å²) in [4.78, 5) is 0. The van der Waals surface area contributed by atoms with E-state index in [4.69, 9.17) is 0 Å². The Bertz CT molecular complexity index is 202. The summed E-state index contributed by atoms with van der Waals surface area (Å²) >= 11 is 0. The van der Waals surface area contributed by atoms with Crippen LogP contribution in [0.2, 0.25) is 0 Å². The van der Waals surface area contributed by atoms with Crippen molar-refractivity contribution in [2.45, 2.75) is 142 Å². The van der Waals surface area contributed by atoms with E-state index in [-0.39, 0.29) is 6.61 Å². The molecule has 155 valence electrons. The van der Waals surface area contributed by atoms with Gasteiger partial charge in [0.25, 0.3) is 0 Å². The maximum Gasteiger partial charge on any atom is 0.0822 e. The summed E-state index contributed by atoms with van der Waals surface area (Å²) in [6.45, 7) is 2.41. The van der Waals surface area contributed by atoms with Gasteiger partial charge < -0.3 is 0 Å². The Kier molecular flexibility index (Phi) is 24.9. The van der Waals surface area contributed by atoms with E-state index in [1.54, 1.807) is 0 Å². The molecule has 1 nitrogen and oxygen atoms in total. The van der Waals surface area contributed by atoms with Crippen LogP contribution in [0.25, 0.3) is 0 Å². The van der Waals surface area contributed by atoms with E-state index in [1.807, 2.05) is 0 Å². The van der Waals surface area contributed by atoms with Crippen LogP contribution in [0.5, 0.6) is 0 Å². The first-order valence-electron chi connectivity index (χ1n) is 12.1. The Hall–Kier alpha value is -0.0400. The van der Waals surface area contributed by atoms with Gasteiger partial charge in [0, 0.05) is 0 Å². The Morgan fingerprint density at radius 2 is 0.808 bits per heavy atom. The smallest absolute Gasteiger partial charge is 0.0822 e. The van der Waals surface area contributed by atoms with Crippen molar-refractivity contribution in [3.8, 4) is 0 Å². The average molecular weight is 366 g/mol. The minimum atomic E-state index is 0.116. The van der Waals surface area contributed by atoms with Crippen molar-refractivity contribution in [1.29, 1.82) is 0 Å². The van der Waals surface area contributed by atoms with Crippen molar-refractivity contribution >= 4 is 0 Å². The molecule has 0 aliphatic rings. The highest BCUT2D eigenvalue weighted by molar-refractivity contribution is 4.75. The predicted octanol–water partition coefficient (Wildman–Crippen LogP) is 9.04. The molecule has 0 aromatic rings. The van der Waals surface area contributed by atoms with E-state index < -0.39 is 0 Å². The van der Waals surface area contributed by atoms with Crippen LogP contribution in [0, 0.1) is 12.8 Å². The molecule has 0 saturated heterocycles. The lowest BCUT2D eigenvalue weighted by atomic mass is 10.0. The number of hydrogen-bond donors (Lipinski definition) is 0. The van der Waals surface area contributed by atoms with Crippen molar-refractivity contribution < 1.29 is 5.11 Å². The third kappa shape index (κ3) is 24.0. The molecule has 0 fully saturated rings. The second-order valence-electron chi connectivity index (χ2n) is 8.10. The highest BCUT2D eigenvalue weighted by atomic mass is 16.2. The van der Waals surface area contributed by atoms with E-state index in [9.17, 15) is 5.11 Å². The van der Waals surface area contributed by atoms with Gasteiger partial charge in [-0.05, 0) is 25.7 Å². The molecule has 0 bridgehead atoms. The fourth-order valence-electron chi connectivity index (χ4n) is 3.58. The number of rotatable bonds is 23. The molecule has 0 atom stereocenters. The topological polar surface area (TPSA) is 19.9 Å². The van der Waals surface area contributed by atoms with Gasteiger partial charge in [-0.1, -0.05) is 129 Å². The third-order valence-corrected chi connectivity index (χ3v) is 5.40. The lowest BCUT2D eigenvalue weighted by Gasteiger charge is -2.04. The molecule has 0 aliphatic heterocycles. The van der Waals surface area contributed by atoms with Crippen molar-refractivity contribution in [2.75, 3.05) is 6.61 Å². The fourth-order valence-corrected chi connectivity index (χ4v) is 3.58. The van der Waals surface area contributed by atoms with Crippen LogP contribution < -0.4 is 0 Å². The molecule has 0 N–H and O–H groups in total. The van der Waals surface area contributed by atoms with Crippen LogP contribution in [0.1, 0.15) is 142 Å². The molecular formula is C25H49O. The molecular weight excluding hydrogens is 316 g/mol. The molecule has 0 aromatic carbocycles. The zero-order valence-corrected chi connectivity index (χ0v) is 18.1. The molecule has 0 spiro atoms. The van der Waals surface area contributed by atoms with E-state index in [1.165, 1.54) is 122 Å². The molecule has 0 unspecified atom stereocenters. The fraction of sp³-hybridized carbons (Fsp3) is 0.920. The summed E-state index contributed by atoms with van der Waals surface area (Å²) in [5, 5.41) is 10.3. The molecule has 26 heavy (non-hydrogen) atoms. The minimum Gasteiger partial charge on any atom is -0.237 e. The molecule has 0 amide bonds. The zero-order chi connectivity index (χ0) is 19.0. The lowest BCUT2D eigenvalue weighted by molar-refractivity contribution is 0.186. The molecule has 0 rings (SSSR count). The van der Waals surface area contributed by atoms with Gasteiger partial charge in [0.2, 0.25) is 0 Å². The summed E-state index contributed by atoms with van der Waals surface area (Å²) in [5.41, 5.74) is 0. The van der Waals surface area contributed by atoms with Gasteiger partial charge in [0.1, 0.15) is 0 Å². The first kappa shape index (κ1) is 26.0. The van der Waals surface area contributed by atoms with E-state index >= 15 is 0 Å². The van der Waals surface area contributed by atoms with Crippen LogP contribution in [-0.4, -0.2) is 6.61 Å². The van der Waals surface area contributed by atoms with Crippen LogP contribution in [0.3, 0.4) is 0 Å². The SMILES string of the molecule is CCCCCCCCCCCCC[CH]C[CH]CCCCCCCCC[O]. The van der Waals surface area contributed by atoms with E-state index in [2.05, 4.69) is 19.8 Å². The number of hydrogen-bond acceptors (Lipinski definition) is 0. The third-order valence-electron chi connectivity index (χ3n) is 5.40. The van der Waals surface area contributed by atoms with Crippen molar-refractivity contribution in [3.63, 3.8) is 0 Å². The standard InChI is InChI=1S/C25H49O/c1-2-3-4-5-6-7-8-9-10-11-12-13-14-15-16-17-18-19-20-21-22-23-24-25-26/h14,16H,2-13,15,17-25H2,1H3. The van der Waals surface area contributed by atoms with Gasteiger partial charge in [0.05, 0.1) is 6.61 Å². The normalized spacial score (nSPS) is 11.3. The van der Waals surface area contributed by atoms with E-state index in [0.717, 1.165) is 12.8 Å². The Morgan fingerprint density at radius 3 is 1.19 bits per heavy atom. The van der Waals surface area contributed by atoms with Crippen LogP contribution in [-0.2, 0) is 5.11 Å². The predicted molar refractivity (Wildman–Crippen MR) is 117 cm³/mol. The monoisotopic (exact) mass is 365 g/mol. The van der Waals surface area contributed by atoms with Gasteiger partial charge >= 0.3 is 0 Å². The van der Waals surface area contributed by atoms with Crippen LogP contribution in [0.15, 0.2) is 0 Å². The van der Waals surface area contributed by atoms with Crippen LogP contribution >= 0.6 is 0 Å². The largest absolute Gasteiger partial charge is 0.237 e. The first-order chi connectivity index (χ1) is 12.9. The van der Waals surface area contributed by atoms with Gasteiger partial charge in [-0.15, -0.1) is 0 Å². The first-order valence-corrected chi connectivity index (χ1v) is 12.1. The highest BCUT2D eigenvalue weighted by Gasteiger charge is 1.96. The van der Waals surface area contributed by atoms with Gasteiger partial charge in [0.15, 0.2) is 0 Å². The molecule has 0 aromatic heterocycles. The molecule has 0 heterocycles. The lowest BCUT2D eigenvalue weighted by Crippen LogP contribution is -1.86. The summed E-state index contributed by atoms with van der Waals surface area (Å²) in [6, 6.07) is 0.